The molecule has 0 bridgehead atoms. The molecule has 3 aromatic rings. The van der Waals surface area contributed by atoms with Crippen molar-refractivity contribution in [2.45, 2.75) is 19.1 Å². The Morgan fingerprint density at radius 1 is 1.52 bits per heavy atom. The van der Waals surface area contributed by atoms with Crippen molar-refractivity contribution in [3.8, 4) is 0 Å². The second-order valence-corrected chi connectivity index (χ2v) is 5.34. The van der Waals surface area contributed by atoms with Crippen molar-refractivity contribution in [2.75, 3.05) is 19.0 Å². The normalized spacial score (nSPS) is 17.9. The Labute approximate surface area is 132 Å². The highest BCUT2D eigenvalue weighted by atomic mass is 16.5. The largest absolute Gasteiger partial charge is 0.378 e. The van der Waals surface area contributed by atoms with E-state index in [1.165, 1.54) is 0 Å². The molecular weight excluding hydrogens is 296 g/mol. The minimum absolute atomic E-state index is 0.0587. The number of methoxy groups -OCH3 is 1. The molecule has 1 aliphatic heterocycles. The summed E-state index contributed by atoms with van der Waals surface area (Å²) < 4.78 is 12.6. The molecule has 3 aromatic heterocycles. The van der Waals surface area contributed by atoms with Gasteiger partial charge >= 0.3 is 0 Å². The van der Waals surface area contributed by atoms with Crippen molar-refractivity contribution in [1.29, 1.82) is 0 Å². The molecular formula is C15H17N6O2. The third-order valence-corrected chi connectivity index (χ3v) is 3.70. The molecule has 4 rings (SSSR count). The van der Waals surface area contributed by atoms with Crippen LogP contribution < -0.4 is 5.32 Å². The standard InChI is InChI=1S/C15H17N6O2/c1-22-9-10-8-21-14(17-10)4-5-16-15(21)18-13-7-11(19-20-13)12-3-2-6-23-12/h2,4-5,7-8,12H,3,6,9H2,1H3,(H2,16,18,19,20)/t12-/m1/s1. The molecule has 1 aliphatic rings. The van der Waals surface area contributed by atoms with Crippen molar-refractivity contribution in [2.24, 2.45) is 0 Å². The molecule has 0 spiro atoms. The van der Waals surface area contributed by atoms with Crippen LogP contribution in [-0.2, 0) is 16.1 Å². The van der Waals surface area contributed by atoms with E-state index in [9.17, 15) is 0 Å². The van der Waals surface area contributed by atoms with Gasteiger partial charge in [0.25, 0.3) is 0 Å². The number of hydrogen-bond donors (Lipinski definition) is 2. The first-order valence-electron chi connectivity index (χ1n) is 7.41. The van der Waals surface area contributed by atoms with Gasteiger partial charge in [-0.3, -0.25) is 9.50 Å². The third kappa shape index (κ3) is 2.78. The molecule has 0 aliphatic carbocycles. The summed E-state index contributed by atoms with van der Waals surface area (Å²) in [6.07, 6.45) is 6.69. The summed E-state index contributed by atoms with van der Waals surface area (Å²) in [5, 5.41) is 10.5. The summed E-state index contributed by atoms with van der Waals surface area (Å²) in [7, 11) is 1.65. The molecule has 1 saturated heterocycles. The van der Waals surface area contributed by atoms with E-state index in [4.69, 9.17) is 9.47 Å². The predicted octanol–water partition coefficient (Wildman–Crippen LogP) is 2.01. The Kier molecular flexibility index (Phi) is 3.68. The number of nitrogens with zero attached hydrogens (tertiary/aromatic N) is 4. The van der Waals surface area contributed by atoms with Gasteiger partial charge in [-0.1, -0.05) is 0 Å². The highest BCUT2D eigenvalue weighted by Crippen LogP contribution is 2.28. The van der Waals surface area contributed by atoms with E-state index in [2.05, 4.69) is 31.9 Å². The number of hydrogen-bond acceptors (Lipinski definition) is 6. The Morgan fingerprint density at radius 3 is 3.30 bits per heavy atom. The number of anilines is 2. The molecule has 0 unspecified atom stereocenters. The van der Waals surface area contributed by atoms with Crippen LogP contribution in [0.3, 0.4) is 0 Å². The van der Waals surface area contributed by atoms with E-state index in [0.717, 1.165) is 23.5 Å². The van der Waals surface area contributed by atoms with E-state index in [1.54, 1.807) is 13.3 Å². The summed E-state index contributed by atoms with van der Waals surface area (Å²) in [6.45, 7) is 1.15. The Balaban J connectivity index is 1.59. The van der Waals surface area contributed by atoms with Crippen LogP contribution in [0.5, 0.6) is 0 Å². The molecule has 0 saturated carbocycles. The van der Waals surface area contributed by atoms with E-state index in [-0.39, 0.29) is 6.10 Å². The molecule has 1 atom stereocenters. The van der Waals surface area contributed by atoms with Crippen LogP contribution in [0.4, 0.5) is 11.8 Å². The van der Waals surface area contributed by atoms with Crippen LogP contribution in [0.1, 0.15) is 23.9 Å². The molecule has 23 heavy (non-hydrogen) atoms. The van der Waals surface area contributed by atoms with E-state index < -0.39 is 0 Å². The fraction of sp³-hybridized carbons (Fsp3) is 0.333. The second kappa shape index (κ2) is 5.98. The Bertz CT molecular complexity index is 805. The van der Waals surface area contributed by atoms with Gasteiger partial charge in [0, 0.05) is 25.6 Å². The average molecular weight is 313 g/mol. The van der Waals surface area contributed by atoms with Gasteiger partial charge in [0.2, 0.25) is 5.95 Å². The van der Waals surface area contributed by atoms with Crippen LogP contribution in [0.25, 0.3) is 5.65 Å². The number of rotatable bonds is 5. The van der Waals surface area contributed by atoms with Gasteiger partial charge in [-0.2, -0.15) is 5.10 Å². The number of fused-ring (bicyclic) bond motifs is 1. The lowest BCUT2D eigenvalue weighted by atomic mass is 10.2. The molecule has 1 fully saturated rings. The molecule has 119 valence electrons. The van der Waals surface area contributed by atoms with Gasteiger partial charge in [-0.15, -0.1) is 0 Å². The number of imidazole rings is 1. The Hall–Kier alpha value is -2.45. The lowest BCUT2D eigenvalue weighted by Crippen LogP contribution is -2.00. The first kappa shape index (κ1) is 14.2. The monoisotopic (exact) mass is 313 g/mol. The van der Waals surface area contributed by atoms with E-state index in [0.29, 0.717) is 25.0 Å². The number of H-pyrrole nitrogens is 1. The number of aromatic amines is 1. The van der Waals surface area contributed by atoms with Crippen molar-refractivity contribution in [3.05, 3.63) is 42.3 Å². The van der Waals surface area contributed by atoms with Gasteiger partial charge < -0.3 is 14.8 Å². The highest BCUT2D eigenvalue weighted by Gasteiger charge is 2.20. The number of ether oxygens (including phenoxy) is 2. The molecule has 0 amide bonds. The molecule has 0 aromatic carbocycles. The van der Waals surface area contributed by atoms with Crippen LogP contribution in [0.15, 0.2) is 24.5 Å². The highest BCUT2D eigenvalue weighted by molar-refractivity contribution is 5.54. The summed E-state index contributed by atoms with van der Waals surface area (Å²) in [5.41, 5.74) is 2.61. The van der Waals surface area contributed by atoms with Crippen LogP contribution in [-0.4, -0.2) is 38.3 Å². The van der Waals surface area contributed by atoms with Gasteiger partial charge in [0.15, 0.2) is 5.82 Å². The van der Waals surface area contributed by atoms with E-state index in [1.807, 2.05) is 22.7 Å². The van der Waals surface area contributed by atoms with Crippen molar-refractivity contribution in [3.63, 3.8) is 0 Å². The fourth-order valence-electron chi connectivity index (χ4n) is 2.65. The zero-order valence-electron chi connectivity index (χ0n) is 12.7. The maximum Gasteiger partial charge on any atom is 0.214 e. The van der Waals surface area contributed by atoms with E-state index >= 15 is 0 Å². The van der Waals surface area contributed by atoms with Crippen LogP contribution in [0.2, 0.25) is 0 Å². The molecule has 8 heteroatoms. The first-order valence-corrected chi connectivity index (χ1v) is 7.41. The number of aromatic nitrogens is 5. The fourth-order valence-corrected chi connectivity index (χ4v) is 2.65. The topological polar surface area (TPSA) is 89.4 Å². The van der Waals surface area contributed by atoms with Gasteiger partial charge in [0.05, 0.1) is 30.7 Å². The lowest BCUT2D eigenvalue weighted by molar-refractivity contribution is 0.111. The van der Waals surface area contributed by atoms with Crippen molar-refractivity contribution < 1.29 is 9.47 Å². The second-order valence-electron chi connectivity index (χ2n) is 5.34. The SMILES string of the molecule is COCc1cn2c(Nc3cc([C@H]4C[CH]CO4)[nH]n3)nccc2n1. The van der Waals surface area contributed by atoms with Gasteiger partial charge in [-0.25, -0.2) is 9.97 Å². The van der Waals surface area contributed by atoms with Gasteiger partial charge in [0.1, 0.15) is 5.65 Å². The maximum atomic E-state index is 5.60. The number of nitrogens with one attached hydrogen (secondary N) is 2. The predicted molar refractivity (Wildman–Crippen MR) is 83.2 cm³/mol. The molecule has 8 nitrogen and oxygen atoms in total. The molecule has 4 heterocycles. The minimum atomic E-state index is 0.0587. The summed E-state index contributed by atoms with van der Waals surface area (Å²) in [5.74, 6) is 1.34. The zero-order valence-corrected chi connectivity index (χ0v) is 12.7. The van der Waals surface area contributed by atoms with Crippen molar-refractivity contribution >= 4 is 17.4 Å². The summed E-state index contributed by atoms with van der Waals surface area (Å²) in [4.78, 5) is 8.84. The third-order valence-electron chi connectivity index (χ3n) is 3.70. The van der Waals surface area contributed by atoms with Crippen molar-refractivity contribution in [1.82, 2.24) is 24.6 Å². The Morgan fingerprint density at radius 2 is 2.48 bits per heavy atom. The van der Waals surface area contributed by atoms with Gasteiger partial charge in [-0.05, 0) is 18.9 Å². The maximum absolute atomic E-state index is 5.60. The molecule has 1 radical (unpaired) electrons. The first-order chi connectivity index (χ1) is 11.3. The smallest absolute Gasteiger partial charge is 0.214 e. The summed E-state index contributed by atoms with van der Waals surface area (Å²) in [6, 6.07) is 3.79. The quantitative estimate of drug-likeness (QED) is 0.749. The van der Waals surface area contributed by atoms with Crippen LogP contribution >= 0.6 is 0 Å². The molecule has 2 N–H and O–H groups in total. The lowest BCUT2D eigenvalue weighted by Gasteiger charge is -2.05. The zero-order chi connectivity index (χ0) is 15.6. The average Bonchev–Trinajstić information content (AvgIpc) is 3.27. The minimum Gasteiger partial charge on any atom is -0.378 e. The summed E-state index contributed by atoms with van der Waals surface area (Å²) >= 11 is 0. The van der Waals surface area contributed by atoms with Crippen LogP contribution in [0, 0.1) is 6.42 Å².